The molecule has 0 spiro atoms. The van der Waals surface area contributed by atoms with Crippen molar-refractivity contribution in [2.24, 2.45) is 0 Å². The van der Waals surface area contributed by atoms with Crippen LogP contribution in [-0.4, -0.2) is 31.0 Å². The fourth-order valence-corrected chi connectivity index (χ4v) is 3.33. The summed E-state index contributed by atoms with van der Waals surface area (Å²) < 4.78 is 10.6. The predicted octanol–water partition coefficient (Wildman–Crippen LogP) is 4.23. The van der Waals surface area contributed by atoms with Gasteiger partial charge in [0.1, 0.15) is 5.75 Å². The SMILES string of the molecule is O=C(CCCC(=O)OCCCc1ccccc1)NNC(=O)COc1ccc(-c2ccccc2)cc1. The number of amides is 2. The van der Waals surface area contributed by atoms with Crippen molar-refractivity contribution in [2.45, 2.75) is 32.1 Å². The molecule has 0 heterocycles. The van der Waals surface area contributed by atoms with Crippen LogP contribution in [-0.2, 0) is 25.5 Å². The minimum atomic E-state index is -0.483. The second-order valence-electron chi connectivity index (χ2n) is 7.94. The molecule has 0 atom stereocenters. The van der Waals surface area contributed by atoms with E-state index >= 15 is 0 Å². The van der Waals surface area contributed by atoms with Gasteiger partial charge < -0.3 is 9.47 Å². The van der Waals surface area contributed by atoms with Gasteiger partial charge in [0.15, 0.2) is 6.61 Å². The van der Waals surface area contributed by atoms with E-state index in [0.29, 0.717) is 18.8 Å². The van der Waals surface area contributed by atoms with Gasteiger partial charge in [0.2, 0.25) is 5.91 Å². The average molecular weight is 475 g/mol. The van der Waals surface area contributed by atoms with Crippen LogP contribution in [0.3, 0.4) is 0 Å². The van der Waals surface area contributed by atoms with Crippen LogP contribution in [0, 0.1) is 0 Å². The molecule has 35 heavy (non-hydrogen) atoms. The Morgan fingerprint density at radius 3 is 2.00 bits per heavy atom. The van der Waals surface area contributed by atoms with Crippen LogP contribution in [0.1, 0.15) is 31.2 Å². The summed E-state index contributed by atoms with van der Waals surface area (Å²) in [5, 5.41) is 0. The highest BCUT2D eigenvalue weighted by atomic mass is 16.5. The Morgan fingerprint density at radius 1 is 0.657 bits per heavy atom. The van der Waals surface area contributed by atoms with Gasteiger partial charge in [-0.1, -0.05) is 72.8 Å². The van der Waals surface area contributed by atoms with Crippen molar-refractivity contribution in [1.29, 1.82) is 0 Å². The molecule has 0 unspecified atom stereocenters. The minimum absolute atomic E-state index is 0.0984. The molecule has 0 saturated heterocycles. The molecule has 0 saturated carbocycles. The van der Waals surface area contributed by atoms with E-state index in [0.717, 1.165) is 24.0 Å². The normalized spacial score (nSPS) is 10.3. The van der Waals surface area contributed by atoms with Crippen LogP contribution < -0.4 is 15.6 Å². The molecule has 7 heteroatoms. The largest absolute Gasteiger partial charge is 0.484 e. The maximum absolute atomic E-state index is 11.9. The van der Waals surface area contributed by atoms with Crippen LogP contribution >= 0.6 is 0 Å². The second kappa shape index (κ2) is 14.2. The molecule has 2 amide bonds. The molecule has 182 valence electrons. The van der Waals surface area contributed by atoms with Crippen LogP contribution in [0.5, 0.6) is 5.75 Å². The van der Waals surface area contributed by atoms with Gasteiger partial charge in [-0.3, -0.25) is 25.2 Å². The Bertz CT molecular complexity index is 1070. The summed E-state index contributed by atoms with van der Waals surface area (Å²) >= 11 is 0. The first-order chi connectivity index (χ1) is 17.1. The van der Waals surface area contributed by atoms with Gasteiger partial charge >= 0.3 is 5.97 Å². The Morgan fingerprint density at radius 2 is 1.29 bits per heavy atom. The summed E-state index contributed by atoms with van der Waals surface area (Å²) in [5.74, 6) is -0.652. The maximum atomic E-state index is 11.9. The van der Waals surface area contributed by atoms with Crippen molar-refractivity contribution in [3.63, 3.8) is 0 Å². The van der Waals surface area contributed by atoms with Crippen molar-refractivity contribution in [3.8, 4) is 16.9 Å². The van der Waals surface area contributed by atoms with E-state index < -0.39 is 5.91 Å². The Hall–Kier alpha value is -4.13. The minimum Gasteiger partial charge on any atom is -0.484 e. The highest BCUT2D eigenvalue weighted by Crippen LogP contribution is 2.21. The zero-order valence-electron chi connectivity index (χ0n) is 19.6. The zero-order chi connectivity index (χ0) is 24.7. The molecule has 0 bridgehead atoms. The van der Waals surface area contributed by atoms with Gasteiger partial charge in [0.05, 0.1) is 6.61 Å². The number of hydrogen-bond acceptors (Lipinski definition) is 5. The third-order valence-electron chi connectivity index (χ3n) is 5.17. The molecular formula is C28H30N2O5. The maximum Gasteiger partial charge on any atom is 0.305 e. The van der Waals surface area contributed by atoms with E-state index in [4.69, 9.17) is 9.47 Å². The van der Waals surface area contributed by atoms with E-state index in [1.807, 2.05) is 72.8 Å². The number of benzene rings is 3. The molecule has 3 rings (SSSR count). The summed E-state index contributed by atoms with van der Waals surface area (Å²) in [4.78, 5) is 35.6. The number of hydrazine groups is 1. The lowest BCUT2D eigenvalue weighted by atomic mass is 10.1. The van der Waals surface area contributed by atoms with E-state index in [1.54, 1.807) is 12.1 Å². The standard InChI is InChI=1S/C28H30N2O5/c31-26(14-7-15-28(33)34-20-8-11-22-9-3-1-4-10-22)29-30-27(32)21-35-25-18-16-24(17-19-25)23-12-5-2-6-13-23/h1-6,9-10,12-13,16-19H,7-8,11,14-15,20-21H2,(H,29,31)(H,30,32). The fourth-order valence-electron chi connectivity index (χ4n) is 3.33. The van der Waals surface area contributed by atoms with Crippen LogP contribution in [0.4, 0.5) is 0 Å². The molecule has 0 fully saturated rings. The number of aryl methyl sites for hydroxylation is 1. The van der Waals surface area contributed by atoms with Gasteiger partial charge in [-0.25, -0.2) is 0 Å². The van der Waals surface area contributed by atoms with E-state index in [9.17, 15) is 14.4 Å². The monoisotopic (exact) mass is 474 g/mol. The van der Waals surface area contributed by atoms with Gasteiger partial charge in [-0.15, -0.1) is 0 Å². The third kappa shape index (κ3) is 9.71. The van der Waals surface area contributed by atoms with Gasteiger partial charge in [0.25, 0.3) is 5.91 Å². The first-order valence-corrected chi connectivity index (χ1v) is 11.7. The molecular weight excluding hydrogens is 444 g/mol. The molecule has 7 nitrogen and oxygen atoms in total. The number of rotatable bonds is 12. The Labute approximate surface area is 205 Å². The van der Waals surface area contributed by atoms with E-state index in [-0.39, 0.29) is 31.3 Å². The highest BCUT2D eigenvalue weighted by Gasteiger charge is 2.09. The van der Waals surface area contributed by atoms with Gasteiger partial charge in [0, 0.05) is 12.8 Å². The van der Waals surface area contributed by atoms with Crippen LogP contribution in [0.2, 0.25) is 0 Å². The van der Waals surface area contributed by atoms with Crippen molar-refractivity contribution < 1.29 is 23.9 Å². The van der Waals surface area contributed by atoms with Crippen molar-refractivity contribution in [3.05, 3.63) is 90.5 Å². The summed E-state index contributed by atoms with van der Waals surface area (Å²) in [6.45, 7) is 0.116. The lowest BCUT2D eigenvalue weighted by Gasteiger charge is -2.09. The summed E-state index contributed by atoms with van der Waals surface area (Å²) in [7, 11) is 0. The fraction of sp³-hybridized carbons (Fsp3) is 0.250. The highest BCUT2D eigenvalue weighted by molar-refractivity contribution is 5.83. The van der Waals surface area contributed by atoms with Crippen LogP contribution in [0.15, 0.2) is 84.9 Å². The summed E-state index contributed by atoms with van der Waals surface area (Å²) in [6.07, 6.45) is 2.18. The van der Waals surface area contributed by atoms with Crippen molar-refractivity contribution in [2.75, 3.05) is 13.2 Å². The number of ether oxygens (including phenoxy) is 2. The molecule has 0 aromatic heterocycles. The van der Waals surface area contributed by atoms with Gasteiger partial charge in [-0.05, 0) is 48.1 Å². The summed E-state index contributed by atoms with van der Waals surface area (Å²) in [5.41, 5.74) is 7.97. The lowest BCUT2D eigenvalue weighted by Crippen LogP contribution is -2.43. The van der Waals surface area contributed by atoms with Crippen molar-refractivity contribution >= 4 is 17.8 Å². The summed E-state index contributed by atoms with van der Waals surface area (Å²) in [6, 6.07) is 27.3. The smallest absolute Gasteiger partial charge is 0.305 e. The topological polar surface area (TPSA) is 93.7 Å². The first-order valence-electron chi connectivity index (χ1n) is 11.7. The number of esters is 1. The van der Waals surface area contributed by atoms with E-state index in [2.05, 4.69) is 10.9 Å². The lowest BCUT2D eigenvalue weighted by molar-refractivity contribution is -0.144. The Balaban J connectivity index is 1.22. The molecule has 0 aliphatic rings. The quantitative estimate of drug-likeness (QED) is 0.233. The van der Waals surface area contributed by atoms with Gasteiger partial charge in [-0.2, -0.15) is 0 Å². The molecule has 0 aliphatic carbocycles. The number of carbonyl (C=O) groups excluding carboxylic acids is 3. The number of hydrogen-bond donors (Lipinski definition) is 2. The number of nitrogens with one attached hydrogen (secondary N) is 2. The first kappa shape index (κ1) is 25.5. The van der Waals surface area contributed by atoms with Crippen LogP contribution in [0.25, 0.3) is 11.1 Å². The average Bonchev–Trinajstić information content (AvgIpc) is 2.90. The van der Waals surface area contributed by atoms with Crippen molar-refractivity contribution in [1.82, 2.24) is 10.9 Å². The number of carbonyl (C=O) groups is 3. The molecule has 0 aliphatic heterocycles. The molecule has 0 radical (unpaired) electrons. The third-order valence-corrected chi connectivity index (χ3v) is 5.17. The zero-order valence-corrected chi connectivity index (χ0v) is 19.6. The molecule has 2 N–H and O–H groups in total. The molecule has 3 aromatic carbocycles. The molecule has 3 aromatic rings. The van der Waals surface area contributed by atoms with E-state index in [1.165, 1.54) is 5.56 Å². The second-order valence-corrected chi connectivity index (χ2v) is 7.94. The predicted molar refractivity (Wildman–Crippen MR) is 133 cm³/mol. The Kier molecular flexibility index (Phi) is 10.3.